The Hall–Kier alpha value is -1.62. The number of hydrogen-bond donors (Lipinski definition) is 1. The normalized spacial score (nSPS) is 12.0. The van der Waals surface area contributed by atoms with Gasteiger partial charge in [0.05, 0.1) is 11.8 Å². The summed E-state index contributed by atoms with van der Waals surface area (Å²) >= 11 is 0. The van der Waals surface area contributed by atoms with E-state index < -0.39 is 0 Å². The molecule has 2 aromatic rings. The minimum absolute atomic E-state index is 0.101. The van der Waals surface area contributed by atoms with Crippen LogP contribution in [0.3, 0.4) is 0 Å². The van der Waals surface area contributed by atoms with E-state index in [-0.39, 0.29) is 5.54 Å². The smallest absolute Gasteiger partial charge is 0.228 e. The summed E-state index contributed by atoms with van der Waals surface area (Å²) in [5.41, 5.74) is 0.984. The molecular formula is C13H19N3O2. The second-order valence-electron chi connectivity index (χ2n) is 5.33. The highest BCUT2D eigenvalue weighted by Crippen LogP contribution is 2.21. The molecule has 0 saturated carbocycles. The highest BCUT2D eigenvalue weighted by molar-refractivity contribution is 5.55. The highest BCUT2D eigenvalue weighted by atomic mass is 16.5. The predicted octanol–water partition coefficient (Wildman–Crippen LogP) is 2.57. The number of rotatable bonds is 4. The molecular weight excluding hydrogens is 230 g/mol. The first-order valence-electron chi connectivity index (χ1n) is 6.08. The lowest BCUT2D eigenvalue weighted by Gasteiger charge is -2.19. The van der Waals surface area contributed by atoms with E-state index in [2.05, 4.69) is 36.2 Å². The summed E-state index contributed by atoms with van der Waals surface area (Å²) in [5.74, 6) is 2.03. The van der Waals surface area contributed by atoms with Gasteiger partial charge in [0.1, 0.15) is 5.76 Å². The van der Waals surface area contributed by atoms with Gasteiger partial charge in [-0.2, -0.15) is 4.98 Å². The first-order valence-corrected chi connectivity index (χ1v) is 6.08. The molecule has 0 bridgehead atoms. The van der Waals surface area contributed by atoms with Gasteiger partial charge in [0, 0.05) is 18.5 Å². The van der Waals surface area contributed by atoms with Crippen LogP contribution in [-0.2, 0) is 6.42 Å². The van der Waals surface area contributed by atoms with Gasteiger partial charge in [-0.1, -0.05) is 5.16 Å². The van der Waals surface area contributed by atoms with Crippen molar-refractivity contribution in [3.8, 4) is 11.4 Å². The molecule has 0 unspecified atom stereocenters. The molecule has 2 heterocycles. The highest BCUT2D eigenvalue weighted by Gasteiger charge is 2.13. The molecule has 98 valence electrons. The van der Waals surface area contributed by atoms with E-state index >= 15 is 0 Å². The third kappa shape index (κ3) is 3.20. The lowest BCUT2D eigenvalue weighted by Crippen LogP contribution is -2.37. The molecule has 0 spiro atoms. The van der Waals surface area contributed by atoms with Crippen molar-refractivity contribution < 1.29 is 8.94 Å². The fourth-order valence-electron chi connectivity index (χ4n) is 1.63. The topological polar surface area (TPSA) is 64.1 Å². The molecule has 5 nitrogen and oxygen atoms in total. The number of nitrogens with zero attached hydrogens (tertiary/aromatic N) is 2. The van der Waals surface area contributed by atoms with Crippen molar-refractivity contribution in [1.82, 2.24) is 15.5 Å². The quantitative estimate of drug-likeness (QED) is 0.902. The molecule has 0 aliphatic rings. The van der Waals surface area contributed by atoms with E-state index in [0.717, 1.165) is 24.3 Å². The van der Waals surface area contributed by atoms with Crippen LogP contribution in [0.1, 0.15) is 32.4 Å². The minimum Gasteiger partial charge on any atom is -0.469 e. The van der Waals surface area contributed by atoms with Gasteiger partial charge in [0.15, 0.2) is 0 Å². The summed E-state index contributed by atoms with van der Waals surface area (Å²) in [4.78, 5) is 4.36. The molecule has 2 rings (SSSR count). The summed E-state index contributed by atoms with van der Waals surface area (Å²) in [7, 11) is 0. The third-order valence-electron chi connectivity index (χ3n) is 2.56. The summed E-state index contributed by atoms with van der Waals surface area (Å²) in [6.07, 6.45) is 2.35. The molecule has 0 aliphatic heterocycles. The van der Waals surface area contributed by atoms with Crippen molar-refractivity contribution >= 4 is 0 Å². The molecule has 0 radical (unpaired) electrons. The molecule has 0 amide bonds. The number of nitrogens with one attached hydrogen (secondary N) is 1. The Morgan fingerprint density at radius 1 is 1.33 bits per heavy atom. The monoisotopic (exact) mass is 249 g/mol. The van der Waals surface area contributed by atoms with Crippen LogP contribution >= 0.6 is 0 Å². The summed E-state index contributed by atoms with van der Waals surface area (Å²) in [5, 5.41) is 7.34. The van der Waals surface area contributed by atoms with Crippen LogP contribution in [-0.4, -0.2) is 22.2 Å². The van der Waals surface area contributed by atoms with Crippen molar-refractivity contribution in [1.29, 1.82) is 0 Å². The van der Waals surface area contributed by atoms with E-state index in [4.69, 9.17) is 8.94 Å². The largest absolute Gasteiger partial charge is 0.469 e. The Morgan fingerprint density at radius 3 is 2.72 bits per heavy atom. The molecule has 0 fully saturated rings. The maximum Gasteiger partial charge on any atom is 0.228 e. The number of hydrogen-bond acceptors (Lipinski definition) is 5. The Kier molecular flexibility index (Phi) is 3.52. The Balaban J connectivity index is 1.97. The second-order valence-corrected chi connectivity index (χ2v) is 5.33. The van der Waals surface area contributed by atoms with Crippen LogP contribution in [0.4, 0.5) is 0 Å². The molecule has 18 heavy (non-hydrogen) atoms. The first kappa shape index (κ1) is 12.8. The molecule has 0 atom stereocenters. The molecule has 5 heteroatoms. The van der Waals surface area contributed by atoms with E-state index in [9.17, 15) is 0 Å². The summed E-state index contributed by atoms with van der Waals surface area (Å²) in [6.45, 7) is 9.07. The van der Waals surface area contributed by atoms with Gasteiger partial charge in [-0.15, -0.1) is 0 Å². The van der Waals surface area contributed by atoms with Gasteiger partial charge < -0.3 is 14.3 Å². The maximum atomic E-state index is 5.22. The van der Waals surface area contributed by atoms with E-state index in [1.165, 1.54) is 0 Å². The van der Waals surface area contributed by atoms with E-state index in [0.29, 0.717) is 11.7 Å². The number of aryl methyl sites for hydroxylation is 1. The van der Waals surface area contributed by atoms with Gasteiger partial charge in [0.25, 0.3) is 0 Å². The average Bonchev–Trinajstić information content (AvgIpc) is 2.84. The van der Waals surface area contributed by atoms with E-state index in [1.54, 1.807) is 6.26 Å². The van der Waals surface area contributed by atoms with E-state index in [1.807, 2.05) is 13.0 Å². The van der Waals surface area contributed by atoms with Crippen molar-refractivity contribution in [2.75, 3.05) is 6.54 Å². The van der Waals surface area contributed by atoms with Crippen molar-refractivity contribution in [2.45, 2.75) is 39.7 Å². The zero-order valence-corrected chi connectivity index (χ0v) is 11.3. The zero-order valence-electron chi connectivity index (χ0n) is 11.3. The van der Waals surface area contributed by atoms with Gasteiger partial charge in [-0.3, -0.25) is 0 Å². The van der Waals surface area contributed by atoms with Crippen molar-refractivity contribution in [3.05, 3.63) is 24.0 Å². The van der Waals surface area contributed by atoms with Crippen LogP contribution < -0.4 is 5.32 Å². The zero-order chi connectivity index (χ0) is 13.2. The van der Waals surface area contributed by atoms with Crippen molar-refractivity contribution in [3.63, 3.8) is 0 Å². The second kappa shape index (κ2) is 4.94. The average molecular weight is 249 g/mol. The first-order chi connectivity index (χ1) is 8.46. The predicted molar refractivity (Wildman–Crippen MR) is 68.2 cm³/mol. The Bertz CT molecular complexity index is 508. The van der Waals surface area contributed by atoms with Crippen molar-refractivity contribution in [2.24, 2.45) is 0 Å². The third-order valence-corrected chi connectivity index (χ3v) is 2.56. The van der Waals surface area contributed by atoms with Crippen LogP contribution in [0, 0.1) is 6.92 Å². The standard InChI is InChI=1S/C13H19N3O2/c1-9-10(6-8-17-9)12-15-11(18-16-12)5-7-14-13(2,3)4/h6,8,14H,5,7H2,1-4H3. The Morgan fingerprint density at radius 2 is 2.11 bits per heavy atom. The minimum atomic E-state index is 0.101. The lowest BCUT2D eigenvalue weighted by molar-refractivity contribution is 0.362. The number of furan rings is 1. The van der Waals surface area contributed by atoms with Gasteiger partial charge in [-0.05, 0) is 33.8 Å². The van der Waals surface area contributed by atoms with Crippen LogP contribution in [0.5, 0.6) is 0 Å². The van der Waals surface area contributed by atoms with Crippen LogP contribution in [0.25, 0.3) is 11.4 Å². The maximum absolute atomic E-state index is 5.22. The lowest BCUT2D eigenvalue weighted by atomic mass is 10.1. The molecule has 0 aromatic carbocycles. The molecule has 0 saturated heterocycles. The van der Waals surface area contributed by atoms with Crippen LogP contribution in [0.2, 0.25) is 0 Å². The van der Waals surface area contributed by atoms with Gasteiger partial charge in [-0.25, -0.2) is 0 Å². The molecule has 1 N–H and O–H groups in total. The van der Waals surface area contributed by atoms with Gasteiger partial charge >= 0.3 is 0 Å². The summed E-state index contributed by atoms with van der Waals surface area (Å²) < 4.78 is 10.4. The van der Waals surface area contributed by atoms with Gasteiger partial charge in [0.2, 0.25) is 11.7 Å². The molecule has 2 aromatic heterocycles. The fraction of sp³-hybridized carbons (Fsp3) is 0.538. The Labute approximate surface area is 107 Å². The van der Waals surface area contributed by atoms with Crippen LogP contribution in [0.15, 0.2) is 21.3 Å². The SMILES string of the molecule is Cc1occc1-c1noc(CCNC(C)(C)C)n1. The molecule has 0 aliphatic carbocycles. The summed E-state index contributed by atoms with van der Waals surface area (Å²) in [6, 6.07) is 1.84. The number of aromatic nitrogens is 2. The fourth-order valence-corrected chi connectivity index (χ4v) is 1.63.